The van der Waals surface area contributed by atoms with Gasteiger partial charge >= 0.3 is 0 Å². The largest absolute Gasteiger partial charge is 0.507 e. The third kappa shape index (κ3) is 4.62. The van der Waals surface area contributed by atoms with Gasteiger partial charge < -0.3 is 19.4 Å². The molecule has 4 aromatic rings. The summed E-state index contributed by atoms with van der Waals surface area (Å²) in [6, 6.07) is 7.19. The lowest BCUT2D eigenvalue weighted by Crippen LogP contribution is -2.10. The molecule has 0 saturated carbocycles. The molecule has 0 bridgehead atoms. The number of hydrogen-bond acceptors (Lipinski definition) is 7. The van der Waals surface area contributed by atoms with Gasteiger partial charge in [0.2, 0.25) is 11.2 Å². The maximum absolute atomic E-state index is 13.6. The minimum absolute atomic E-state index is 0.0121. The molecular formula is C28H29N3O5. The Bertz CT molecular complexity index is 1520. The zero-order chi connectivity index (χ0) is 26.0. The molecule has 2 aromatic carbocycles. The van der Waals surface area contributed by atoms with Crippen LogP contribution < -0.4 is 10.2 Å². The van der Waals surface area contributed by atoms with Gasteiger partial charge in [0.25, 0.3) is 0 Å². The zero-order valence-electron chi connectivity index (χ0n) is 21.0. The summed E-state index contributed by atoms with van der Waals surface area (Å²) in [6.07, 6.45) is 7.44. The van der Waals surface area contributed by atoms with Gasteiger partial charge in [0.05, 0.1) is 12.8 Å². The van der Waals surface area contributed by atoms with Crippen molar-refractivity contribution in [1.82, 2.24) is 14.8 Å². The molecule has 186 valence electrons. The van der Waals surface area contributed by atoms with E-state index in [1.807, 2.05) is 52.0 Å². The summed E-state index contributed by atoms with van der Waals surface area (Å²) >= 11 is 0. The van der Waals surface area contributed by atoms with Crippen LogP contribution in [0.15, 0.2) is 69.4 Å². The van der Waals surface area contributed by atoms with Crippen molar-refractivity contribution in [3.8, 4) is 34.3 Å². The molecule has 0 fully saturated rings. The highest BCUT2D eigenvalue weighted by Crippen LogP contribution is 2.42. The number of benzene rings is 2. The average molecular weight is 488 g/mol. The van der Waals surface area contributed by atoms with Crippen LogP contribution in [0.5, 0.6) is 17.2 Å². The monoisotopic (exact) mass is 487 g/mol. The standard InChI is InChI=1S/C28H29N3O5/c1-16(2)6-12-20-23(32)21(13-7-17(3)4)27-22(24(20)33)25(34)28(35-5)26(36-27)18-8-10-19(11-9-18)31-15-29-14-30-31/h6-11,14-15,32-33H,12-13H2,1-5H3. The maximum Gasteiger partial charge on any atom is 0.239 e. The molecule has 8 nitrogen and oxygen atoms in total. The van der Waals surface area contributed by atoms with Gasteiger partial charge in [0.15, 0.2) is 5.76 Å². The number of aromatic hydroxyl groups is 2. The van der Waals surface area contributed by atoms with Gasteiger partial charge in [-0.3, -0.25) is 4.79 Å². The number of nitrogens with zero attached hydrogens (tertiary/aromatic N) is 3. The van der Waals surface area contributed by atoms with E-state index in [-0.39, 0.29) is 46.0 Å². The van der Waals surface area contributed by atoms with E-state index >= 15 is 0 Å². The van der Waals surface area contributed by atoms with Crippen molar-refractivity contribution in [2.45, 2.75) is 40.5 Å². The third-order valence-corrected chi connectivity index (χ3v) is 5.88. The normalized spacial score (nSPS) is 10.9. The summed E-state index contributed by atoms with van der Waals surface area (Å²) < 4.78 is 13.3. The van der Waals surface area contributed by atoms with E-state index in [4.69, 9.17) is 9.15 Å². The molecule has 0 unspecified atom stereocenters. The van der Waals surface area contributed by atoms with Crippen LogP contribution in [0.2, 0.25) is 0 Å². The van der Waals surface area contributed by atoms with Crippen LogP contribution in [0.25, 0.3) is 28.0 Å². The number of phenols is 2. The maximum atomic E-state index is 13.6. The summed E-state index contributed by atoms with van der Waals surface area (Å²) in [5, 5.41) is 26.4. The smallest absolute Gasteiger partial charge is 0.239 e. The van der Waals surface area contributed by atoms with Crippen LogP contribution in [0, 0.1) is 0 Å². The molecule has 0 aliphatic heterocycles. The molecule has 2 N–H and O–H groups in total. The summed E-state index contributed by atoms with van der Waals surface area (Å²) in [5.41, 5.74) is 3.77. The number of rotatable bonds is 7. The summed E-state index contributed by atoms with van der Waals surface area (Å²) in [4.78, 5) is 17.6. The molecule has 0 aliphatic rings. The predicted molar refractivity (Wildman–Crippen MR) is 139 cm³/mol. The van der Waals surface area contributed by atoms with Gasteiger partial charge in [-0.25, -0.2) is 9.67 Å². The second-order valence-corrected chi connectivity index (χ2v) is 9.01. The highest BCUT2D eigenvalue weighted by Gasteiger charge is 2.26. The van der Waals surface area contributed by atoms with Crippen molar-refractivity contribution in [3.63, 3.8) is 0 Å². The van der Waals surface area contributed by atoms with E-state index < -0.39 is 5.43 Å². The Balaban J connectivity index is 2.00. The minimum Gasteiger partial charge on any atom is -0.507 e. The molecule has 0 saturated heterocycles. The fourth-order valence-electron chi connectivity index (χ4n) is 3.98. The lowest BCUT2D eigenvalue weighted by Gasteiger charge is -2.16. The van der Waals surface area contributed by atoms with Crippen LogP contribution >= 0.6 is 0 Å². The second-order valence-electron chi connectivity index (χ2n) is 9.01. The first-order valence-electron chi connectivity index (χ1n) is 11.6. The SMILES string of the molecule is COc1c(-c2ccc(-n3cncn3)cc2)oc2c(CC=C(C)C)c(O)c(CC=C(C)C)c(O)c2c1=O. The van der Waals surface area contributed by atoms with Gasteiger partial charge in [-0.1, -0.05) is 23.3 Å². The Morgan fingerprint density at radius 3 is 2.19 bits per heavy atom. The Morgan fingerprint density at radius 1 is 1.00 bits per heavy atom. The van der Waals surface area contributed by atoms with Crippen molar-refractivity contribution < 1.29 is 19.4 Å². The van der Waals surface area contributed by atoms with E-state index in [9.17, 15) is 15.0 Å². The number of aromatic nitrogens is 3. The van der Waals surface area contributed by atoms with Gasteiger partial charge in [-0.05, 0) is 64.8 Å². The van der Waals surface area contributed by atoms with E-state index in [1.54, 1.807) is 23.1 Å². The zero-order valence-corrected chi connectivity index (χ0v) is 21.0. The molecule has 0 aliphatic carbocycles. The number of phenolic OH excluding ortho intramolecular Hbond substituents is 2. The number of hydrogen-bond donors (Lipinski definition) is 2. The molecule has 8 heteroatoms. The van der Waals surface area contributed by atoms with Gasteiger partial charge in [0, 0.05) is 16.7 Å². The second kappa shape index (κ2) is 10.1. The quantitative estimate of drug-likeness (QED) is 0.332. The van der Waals surface area contributed by atoms with Crippen molar-refractivity contribution in [2.75, 3.05) is 7.11 Å². The minimum atomic E-state index is -0.511. The van der Waals surface area contributed by atoms with Crippen LogP contribution in [0.1, 0.15) is 38.8 Å². The van der Waals surface area contributed by atoms with Gasteiger partial charge in [0.1, 0.15) is 35.1 Å². The van der Waals surface area contributed by atoms with E-state index in [0.717, 1.165) is 16.8 Å². The number of ether oxygens (including phenoxy) is 1. The highest BCUT2D eigenvalue weighted by atomic mass is 16.5. The fourth-order valence-corrected chi connectivity index (χ4v) is 3.98. The van der Waals surface area contributed by atoms with Crippen molar-refractivity contribution in [1.29, 1.82) is 0 Å². The van der Waals surface area contributed by atoms with Gasteiger partial charge in [-0.15, -0.1) is 0 Å². The third-order valence-electron chi connectivity index (χ3n) is 5.88. The Kier molecular flexibility index (Phi) is 6.96. The van der Waals surface area contributed by atoms with Crippen LogP contribution in [-0.2, 0) is 12.8 Å². The first kappa shape index (κ1) is 24.8. The summed E-state index contributed by atoms with van der Waals surface area (Å²) in [7, 11) is 1.39. The summed E-state index contributed by atoms with van der Waals surface area (Å²) in [6.45, 7) is 7.75. The molecule has 36 heavy (non-hydrogen) atoms. The van der Waals surface area contributed by atoms with E-state index in [2.05, 4.69) is 10.1 Å². The molecule has 0 atom stereocenters. The van der Waals surface area contributed by atoms with E-state index in [1.165, 1.54) is 13.4 Å². The molecule has 0 amide bonds. The first-order chi connectivity index (χ1) is 17.2. The summed E-state index contributed by atoms with van der Waals surface area (Å²) in [5.74, 6) is -0.218. The molecule has 2 heterocycles. The molecular weight excluding hydrogens is 458 g/mol. The molecule has 4 rings (SSSR count). The van der Waals surface area contributed by atoms with Crippen molar-refractivity contribution >= 4 is 11.0 Å². The average Bonchev–Trinajstić information content (AvgIpc) is 3.38. The van der Waals surface area contributed by atoms with Crippen molar-refractivity contribution in [2.24, 2.45) is 0 Å². The highest BCUT2D eigenvalue weighted by molar-refractivity contribution is 5.93. The molecule has 0 radical (unpaired) electrons. The van der Waals surface area contributed by atoms with E-state index in [0.29, 0.717) is 17.5 Å². The number of fused-ring (bicyclic) bond motifs is 1. The first-order valence-corrected chi connectivity index (χ1v) is 11.6. The fraction of sp³-hybridized carbons (Fsp3) is 0.250. The Hall–Kier alpha value is -4.33. The lowest BCUT2D eigenvalue weighted by molar-refractivity contribution is 0.396. The number of methoxy groups -OCH3 is 1. The molecule has 0 spiro atoms. The Morgan fingerprint density at radius 2 is 1.64 bits per heavy atom. The van der Waals surface area contributed by atoms with Gasteiger partial charge in [-0.2, -0.15) is 5.10 Å². The Labute approximate surface area is 208 Å². The van der Waals surface area contributed by atoms with Crippen LogP contribution in [0.3, 0.4) is 0 Å². The predicted octanol–water partition coefficient (Wildman–Crippen LogP) is 5.48. The number of allylic oxidation sites excluding steroid dienone is 4. The van der Waals surface area contributed by atoms with Crippen LogP contribution in [0.4, 0.5) is 0 Å². The molecule has 2 aromatic heterocycles. The topological polar surface area (TPSA) is 111 Å². The van der Waals surface area contributed by atoms with Crippen molar-refractivity contribution in [3.05, 3.63) is 81.6 Å². The van der Waals surface area contributed by atoms with Crippen LogP contribution in [-0.4, -0.2) is 32.1 Å². The lowest BCUT2D eigenvalue weighted by atomic mass is 9.96.